The van der Waals surface area contributed by atoms with Gasteiger partial charge in [-0.2, -0.15) is 0 Å². The molecule has 7 nitrogen and oxygen atoms in total. The maximum Gasteiger partial charge on any atom is 0.274 e. The molecule has 0 spiro atoms. The highest BCUT2D eigenvalue weighted by Crippen LogP contribution is 2.23. The third-order valence-corrected chi connectivity index (χ3v) is 2.99. The van der Waals surface area contributed by atoms with Crippen LogP contribution in [0.25, 0.3) is 0 Å². The Morgan fingerprint density at radius 1 is 1.24 bits per heavy atom. The van der Waals surface area contributed by atoms with Crippen molar-refractivity contribution < 1.29 is 9.72 Å². The predicted molar refractivity (Wildman–Crippen MR) is 80.0 cm³/mol. The number of nitro benzene ring substituents is 1. The molecule has 0 fully saturated rings. The number of nitrogen functional groups attached to an aromatic ring is 1. The number of anilines is 2. The minimum absolute atomic E-state index is 0.0435. The zero-order chi connectivity index (χ0) is 15.4. The third kappa shape index (κ3) is 3.15. The summed E-state index contributed by atoms with van der Waals surface area (Å²) in [4.78, 5) is 22.6. The molecule has 0 atom stereocenters. The lowest BCUT2D eigenvalue weighted by atomic mass is 10.1. The molecule has 108 valence electrons. The molecule has 0 unspecified atom stereocenters. The van der Waals surface area contributed by atoms with Crippen molar-refractivity contribution >= 4 is 23.0 Å². The molecule has 0 aromatic heterocycles. The number of benzene rings is 2. The Labute approximate surface area is 120 Å². The maximum atomic E-state index is 12.2. The number of aryl methyl sites for hydroxylation is 1. The first-order chi connectivity index (χ1) is 10.0. The van der Waals surface area contributed by atoms with Crippen molar-refractivity contribution in [1.29, 1.82) is 0 Å². The van der Waals surface area contributed by atoms with Crippen LogP contribution in [-0.2, 0) is 0 Å². The molecular formula is C14H14N4O3. The molecule has 7 heteroatoms. The summed E-state index contributed by atoms with van der Waals surface area (Å²) in [6.45, 7) is 1.64. The van der Waals surface area contributed by atoms with Gasteiger partial charge in [0.1, 0.15) is 0 Å². The van der Waals surface area contributed by atoms with Crippen LogP contribution in [0.4, 0.5) is 17.1 Å². The van der Waals surface area contributed by atoms with E-state index in [9.17, 15) is 14.9 Å². The van der Waals surface area contributed by atoms with Crippen LogP contribution in [-0.4, -0.2) is 10.8 Å². The number of rotatable bonds is 4. The van der Waals surface area contributed by atoms with Crippen LogP contribution in [0.3, 0.4) is 0 Å². The number of amides is 1. The minimum Gasteiger partial charge on any atom is -0.323 e. The highest BCUT2D eigenvalue weighted by atomic mass is 16.6. The van der Waals surface area contributed by atoms with Gasteiger partial charge in [0.2, 0.25) is 0 Å². The Kier molecular flexibility index (Phi) is 4.15. The average Bonchev–Trinajstić information content (AvgIpc) is 2.48. The smallest absolute Gasteiger partial charge is 0.274 e. The average molecular weight is 286 g/mol. The van der Waals surface area contributed by atoms with Crippen molar-refractivity contribution in [2.75, 3.05) is 10.7 Å². The van der Waals surface area contributed by atoms with Crippen LogP contribution in [0, 0.1) is 17.0 Å². The molecule has 0 saturated carbocycles. The fraction of sp³-hybridized carbons (Fsp3) is 0.0714. The molecule has 1 amide bonds. The molecule has 4 N–H and O–H groups in total. The van der Waals surface area contributed by atoms with Crippen LogP contribution < -0.4 is 16.6 Å². The van der Waals surface area contributed by atoms with Gasteiger partial charge in [0.05, 0.1) is 16.2 Å². The number of nitrogens with one attached hydrogen (secondary N) is 2. The fourth-order valence-electron chi connectivity index (χ4n) is 1.89. The number of carbonyl (C=O) groups excluding carboxylic acids is 1. The van der Waals surface area contributed by atoms with E-state index in [4.69, 9.17) is 5.84 Å². The number of nitrogens with zero attached hydrogens (tertiary/aromatic N) is 1. The Morgan fingerprint density at radius 3 is 2.62 bits per heavy atom. The molecule has 0 aliphatic carbocycles. The number of nitrogens with two attached hydrogens (primary N) is 1. The summed E-state index contributed by atoms with van der Waals surface area (Å²) >= 11 is 0. The number of hydrogen-bond donors (Lipinski definition) is 3. The number of nitro groups is 1. The maximum absolute atomic E-state index is 12.2. The second-order valence-electron chi connectivity index (χ2n) is 4.40. The van der Waals surface area contributed by atoms with Gasteiger partial charge in [-0.15, -0.1) is 0 Å². The van der Waals surface area contributed by atoms with E-state index in [0.29, 0.717) is 22.5 Å². The lowest BCUT2D eigenvalue weighted by Crippen LogP contribution is -2.17. The van der Waals surface area contributed by atoms with Gasteiger partial charge in [-0.3, -0.25) is 20.8 Å². The van der Waals surface area contributed by atoms with Crippen LogP contribution in [0.5, 0.6) is 0 Å². The van der Waals surface area contributed by atoms with Crippen LogP contribution in [0.1, 0.15) is 15.9 Å². The molecule has 0 heterocycles. The lowest BCUT2D eigenvalue weighted by Gasteiger charge is -2.09. The lowest BCUT2D eigenvalue weighted by molar-refractivity contribution is -0.385. The first-order valence-electron chi connectivity index (χ1n) is 6.15. The summed E-state index contributed by atoms with van der Waals surface area (Å²) in [6, 6.07) is 11.2. The second-order valence-corrected chi connectivity index (χ2v) is 4.40. The van der Waals surface area contributed by atoms with Crippen molar-refractivity contribution in [2.45, 2.75) is 6.92 Å². The monoisotopic (exact) mass is 286 g/mol. The van der Waals surface area contributed by atoms with E-state index in [0.717, 1.165) is 0 Å². The summed E-state index contributed by atoms with van der Waals surface area (Å²) in [7, 11) is 0. The molecule has 0 bridgehead atoms. The van der Waals surface area contributed by atoms with E-state index < -0.39 is 10.8 Å². The van der Waals surface area contributed by atoms with Crippen molar-refractivity contribution in [3.63, 3.8) is 0 Å². The van der Waals surface area contributed by atoms with Crippen molar-refractivity contribution in [3.05, 3.63) is 63.7 Å². The molecule has 0 saturated heterocycles. The highest BCUT2D eigenvalue weighted by molar-refractivity contribution is 6.08. The molecule has 2 aromatic rings. The van der Waals surface area contributed by atoms with Crippen LogP contribution in [0.2, 0.25) is 0 Å². The van der Waals surface area contributed by atoms with E-state index in [1.807, 2.05) is 0 Å². The van der Waals surface area contributed by atoms with Gasteiger partial charge in [-0.25, -0.2) is 0 Å². The predicted octanol–water partition coefficient (Wildman–Crippen LogP) is 2.44. The van der Waals surface area contributed by atoms with Gasteiger partial charge >= 0.3 is 0 Å². The van der Waals surface area contributed by atoms with Gasteiger partial charge in [-0.05, 0) is 25.1 Å². The summed E-state index contributed by atoms with van der Waals surface area (Å²) in [6.07, 6.45) is 0. The highest BCUT2D eigenvalue weighted by Gasteiger charge is 2.14. The minimum atomic E-state index is -0.486. The van der Waals surface area contributed by atoms with Crippen LogP contribution >= 0.6 is 0 Å². The standard InChI is InChI=1S/C14H14N4O3/c1-9-6-7-10(8-13(9)18(20)21)16-14(19)11-4-2-3-5-12(11)17-15/h2-8,17H,15H2,1H3,(H,16,19). The van der Waals surface area contributed by atoms with Gasteiger partial charge in [0, 0.05) is 17.3 Å². The number of hydrazine groups is 1. The number of hydrogen-bond acceptors (Lipinski definition) is 5. The van der Waals surface area contributed by atoms with Gasteiger partial charge in [0.15, 0.2) is 0 Å². The Hall–Kier alpha value is -2.93. The molecular weight excluding hydrogens is 272 g/mol. The molecule has 0 radical (unpaired) electrons. The summed E-state index contributed by atoms with van der Waals surface area (Å²) in [5.41, 5.74) is 4.09. The quantitative estimate of drug-likeness (QED) is 0.454. The van der Waals surface area contributed by atoms with Crippen molar-refractivity contribution in [1.82, 2.24) is 0 Å². The Morgan fingerprint density at radius 2 is 1.95 bits per heavy atom. The fourth-order valence-corrected chi connectivity index (χ4v) is 1.89. The van der Waals surface area contributed by atoms with E-state index in [2.05, 4.69) is 10.7 Å². The van der Waals surface area contributed by atoms with Crippen LogP contribution in [0.15, 0.2) is 42.5 Å². The zero-order valence-corrected chi connectivity index (χ0v) is 11.3. The Balaban J connectivity index is 2.28. The van der Waals surface area contributed by atoms with Gasteiger partial charge in [0.25, 0.3) is 11.6 Å². The normalized spacial score (nSPS) is 10.0. The zero-order valence-electron chi connectivity index (χ0n) is 11.3. The number of carbonyl (C=O) groups is 1. The molecule has 0 aliphatic heterocycles. The van der Waals surface area contributed by atoms with Gasteiger partial charge < -0.3 is 10.7 Å². The molecule has 2 rings (SSSR count). The van der Waals surface area contributed by atoms with E-state index in [1.165, 1.54) is 6.07 Å². The molecule has 21 heavy (non-hydrogen) atoms. The SMILES string of the molecule is Cc1ccc(NC(=O)c2ccccc2NN)cc1[N+](=O)[O-]. The van der Waals surface area contributed by atoms with E-state index >= 15 is 0 Å². The largest absolute Gasteiger partial charge is 0.323 e. The first kappa shape index (κ1) is 14.5. The molecule has 0 aliphatic rings. The first-order valence-corrected chi connectivity index (χ1v) is 6.15. The summed E-state index contributed by atoms with van der Waals surface area (Å²) < 4.78 is 0. The Bertz CT molecular complexity index is 700. The third-order valence-electron chi connectivity index (χ3n) is 2.99. The second kappa shape index (κ2) is 6.02. The van der Waals surface area contributed by atoms with Gasteiger partial charge in [-0.1, -0.05) is 18.2 Å². The van der Waals surface area contributed by atoms with Crippen molar-refractivity contribution in [2.24, 2.45) is 5.84 Å². The van der Waals surface area contributed by atoms with E-state index in [1.54, 1.807) is 43.3 Å². The summed E-state index contributed by atoms with van der Waals surface area (Å²) in [5.74, 6) is 4.95. The topological polar surface area (TPSA) is 110 Å². The van der Waals surface area contributed by atoms with E-state index in [-0.39, 0.29) is 5.69 Å². The van der Waals surface area contributed by atoms with Crippen molar-refractivity contribution in [3.8, 4) is 0 Å². The number of para-hydroxylation sites is 1. The summed E-state index contributed by atoms with van der Waals surface area (Å²) in [5, 5.41) is 13.5. The molecule has 2 aromatic carbocycles.